The number of rotatable bonds is 2. The van der Waals surface area contributed by atoms with Crippen LogP contribution in [0, 0.1) is 0 Å². The lowest BCUT2D eigenvalue weighted by molar-refractivity contribution is -0.0884. The van der Waals surface area contributed by atoms with Crippen LogP contribution in [-0.4, -0.2) is 17.2 Å². The van der Waals surface area contributed by atoms with Gasteiger partial charge in [-0.1, -0.05) is 23.7 Å². The van der Waals surface area contributed by atoms with Crippen molar-refractivity contribution in [3.63, 3.8) is 0 Å². The molecule has 3 saturated carbocycles. The van der Waals surface area contributed by atoms with Crippen LogP contribution in [0.4, 0.5) is 4.79 Å². The zero-order valence-electron chi connectivity index (χ0n) is 12.1. The van der Waals surface area contributed by atoms with E-state index in [4.69, 9.17) is 16.3 Å². The third-order valence-corrected chi connectivity index (χ3v) is 4.51. The van der Waals surface area contributed by atoms with E-state index in [-0.39, 0.29) is 17.0 Å². The molecule has 20 heavy (non-hydrogen) atoms. The Labute approximate surface area is 124 Å². The van der Waals surface area contributed by atoms with E-state index >= 15 is 0 Å². The zero-order chi connectivity index (χ0) is 14.6. The van der Waals surface area contributed by atoms with Gasteiger partial charge in [-0.3, -0.25) is 0 Å². The van der Waals surface area contributed by atoms with Gasteiger partial charge in [0.05, 0.1) is 0 Å². The number of hydrogen-bond acceptors (Lipinski definition) is 2. The first-order valence-corrected chi connectivity index (χ1v) is 7.37. The molecule has 4 heteroatoms. The first-order chi connectivity index (χ1) is 9.22. The van der Waals surface area contributed by atoms with E-state index in [2.05, 4.69) is 17.4 Å². The van der Waals surface area contributed by atoms with Crippen molar-refractivity contribution in [2.45, 2.75) is 56.6 Å². The number of amides is 1. The zero-order valence-corrected chi connectivity index (χ0v) is 12.9. The average Bonchev–Trinajstić information content (AvgIpc) is 2.20. The molecule has 1 aromatic rings. The van der Waals surface area contributed by atoms with Gasteiger partial charge >= 0.3 is 6.09 Å². The minimum Gasteiger partial charge on any atom is -0.444 e. The molecule has 3 nitrogen and oxygen atoms in total. The smallest absolute Gasteiger partial charge is 0.408 e. The molecule has 3 fully saturated rings. The van der Waals surface area contributed by atoms with Gasteiger partial charge in [0.2, 0.25) is 0 Å². The minimum atomic E-state index is -0.443. The third-order valence-electron chi connectivity index (χ3n) is 4.25. The van der Waals surface area contributed by atoms with Crippen molar-refractivity contribution < 1.29 is 9.53 Å². The van der Waals surface area contributed by atoms with Crippen molar-refractivity contribution in [3.05, 3.63) is 34.9 Å². The third kappa shape index (κ3) is 2.28. The van der Waals surface area contributed by atoms with Crippen molar-refractivity contribution in [1.29, 1.82) is 0 Å². The molecular formula is C16H20ClNO2. The molecule has 0 unspecified atom stereocenters. The molecule has 0 atom stereocenters. The molecule has 1 amide bonds. The first kappa shape index (κ1) is 13.7. The van der Waals surface area contributed by atoms with Crippen LogP contribution in [0.1, 0.15) is 45.6 Å². The summed E-state index contributed by atoms with van der Waals surface area (Å²) < 4.78 is 5.32. The van der Waals surface area contributed by atoms with Gasteiger partial charge in [0.25, 0.3) is 0 Å². The van der Waals surface area contributed by atoms with E-state index in [1.807, 2.05) is 32.9 Å². The predicted octanol–water partition coefficient (Wildman–Crippen LogP) is 4.04. The Bertz CT molecular complexity index is 525. The highest BCUT2D eigenvalue weighted by atomic mass is 35.5. The number of benzene rings is 1. The summed E-state index contributed by atoms with van der Waals surface area (Å²) in [5, 5.41) is 3.80. The van der Waals surface area contributed by atoms with Crippen LogP contribution in [0.15, 0.2) is 24.3 Å². The standard InChI is InChI=1S/C16H20ClNO2/c1-14(2,3)20-13(19)18-16-8-15(9-16,10-16)11-4-6-12(17)7-5-11/h4-7H,8-10H2,1-3H3,(H,18,19). The van der Waals surface area contributed by atoms with Crippen molar-refractivity contribution in [2.24, 2.45) is 0 Å². The number of halogens is 1. The Morgan fingerprint density at radius 2 is 1.75 bits per heavy atom. The normalized spacial score (nSPS) is 31.0. The molecule has 2 bridgehead atoms. The molecule has 0 aromatic heterocycles. The maximum absolute atomic E-state index is 11.8. The summed E-state index contributed by atoms with van der Waals surface area (Å²) in [5.74, 6) is 0. The minimum absolute atomic E-state index is 0.0397. The van der Waals surface area contributed by atoms with Crippen molar-refractivity contribution >= 4 is 17.7 Å². The quantitative estimate of drug-likeness (QED) is 0.894. The van der Waals surface area contributed by atoms with Crippen molar-refractivity contribution in [1.82, 2.24) is 5.32 Å². The Balaban J connectivity index is 1.58. The van der Waals surface area contributed by atoms with Crippen molar-refractivity contribution in [2.75, 3.05) is 0 Å². The van der Waals surface area contributed by atoms with E-state index in [0.717, 1.165) is 24.3 Å². The second kappa shape index (κ2) is 4.14. The Hall–Kier alpha value is -1.22. The summed E-state index contributed by atoms with van der Waals surface area (Å²) in [7, 11) is 0. The summed E-state index contributed by atoms with van der Waals surface area (Å²) in [4.78, 5) is 11.8. The van der Waals surface area contributed by atoms with Crippen molar-refractivity contribution in [3.8, 4) is 0 Å². The van der Waals surface area contributed by atoms with Gasteiger partial charge in [-0.2, -0.15) is 0 Å². The van der Waals surface area contributed by atoms with Crippen LogP contribution in [-0.2, 0) is 10.2 Å². The molecule has 0 spiro atoms. The summed E-state index contributed by atoms with van der Waals surface area (Å²) in [5.41, 5.74) is 1.10. The molecule has 3 aliphatic carbocycles. The second-order valence-corrected chi connectivity index (χ2v) is 7.66. The second-order valence-electron chi connectivity index (χ2n) is 7.22. The number of hydrogen-bond donors (Lipinski definition) is 1. The van der Waals surface area contributed by atoms with Gasteiger partial charge in [-0.25, -0.2) is 4.79 Å². The van der Waals surface area contributed by atoms with Gasteiger partial charge < -0.3 is 10.1 Å². The van der Waals surface area contributed by atoms with E-state index in [1.54, 1.807) is 0 Å². The lowest BCUT2D eigenvalue weighted by atomic mass is 9.37. The molecular weight excluding hydrogens is 274 g/mol. The Morgan fingerprint density at radius 1 is 1.20 bits per heavy atom. The maximum atomic E-state index is 11.8. The molecule has 1 aromatic carbocycles. The monoisotopic (exact) mass is 293 g/mol. The van der Waals surface area contributed by atoms with Gasteiger partial charge in [-0.15, -0.1) is 0 Å². The molecule has 0 radical (unpaired) electrons. The number of ether oxygens (including phenoxy) is 1. The first-order valence-electron chi connectivity index (χ1n) is 6.99. The number of alkyl carbamates (subject to hydrolysis) is 1. The lowest BCUT2D eigenvalue weighted by Gasteiger charge is -2.70. The van der Waals surface area contributed by atoms with E-state index < -0.39 is 5.60 Å². The molecule has 0 heterocycles. The van der Waals surface area contributed by atoms with Crippen LogP contribution in [0.5, 0.6) is 0 Å². The van der Waals surface area contributed by atoms with Gasteiger partial charge in [0.15, 0.2) is 0 Å². The van der Waals surface area contributed by atoms with E-state index in [0.29, 0.717) is 0 Å². The Kier molecular flexibility index (Phi) is 2.85. The van der Waals surface area contributed by atoms with Gasteiger partial charge in [0, 0.05) is 16.0 Å². The summed E-state index contributed by atoms with van der Waals surface area (Å²) >= 11 is 5.92. The molecule has 0 saturated heterocycles. The van der Waals surface area contributed by atoms with Crippen LogP contribution in [0.25, 0.3) is 0 Å². The molecule has 1 N–H and O–H groups in total. The topological polar surface area (TPSA) is 38.3 Å². The van der Waals surface area contributed by atoms with Crippen LogP contribution < -0.4 is 5.32 Å². The molecule has 4 rings (SSSR count). The van der Waals surface area contributed by atoms with Crippen LogP contribution in [0.2, 0.25) is 5.02 Å². The lowest BCUT2D eigenvalue weighted by Crippen LogP contribution is -2.76. The fraction of sp³-hybridized carbons (Fsp3) is 0.562. The SMILES string of the molecule is CC(C)(C)OC(=O)NC12CC(c3ccc(Cl)cc3)(C1)C2. The van der Waals surface area contributed by atoms with Gasteiger partial charge in [0.1, 0.15) is 5.60 Å². The highest BCUT2D eigenvalue weighted by Crippen LogP contribution is 2.67. The molecule has 108 valence electrons. The average molecular weight is 294 g/mol. The van der Waals surface area contributed by atoms with Crippen LogP contribution >= 0.6 is 11.6 Å². The molecule has 3 aliphatic rings. The summed E-state index contributed by atoms with van der Waals surface area (Å²) in [6.07, 6.45) is 2.70. The highest BCUT2D eigenvalue weighted by molar-refractivity contribution is 6.30. The predicted molar refractivity (Wildman–Crippen MR) is 79.1 cm³/mol. The molecule has 0 aliphatic heterocycles. The highest BCUT2D eigenvalue weighted by Gasteiger charge is 2.69. The number of carbonyl (C=O) groups is 1. The Morgan fingerprint density at radius 3 is 2.25 bits per heavy atom. The number of carbonyl (C=O) groups excluding carboxylic acids is 1. The summed E-state index contributed by atoms with van der Waals surface area (Å²) in [6, 6.07) is 8.06. The fourth-order valence-electron chi connectivity index (χ4n) is 3.55. The fourth-order valence-corrected chi connectivity index (χ4v) is 3.68. The van der Waals surface area contributed by atoms with Gasteiger partial charge in [-0.05, 0) is 57.7 Å². The largest absolute Gasteiger partial charge is 0.444 e. The maximum Gasteiger partial charge on any atom is 0.408 e. The van der Waals surface area contributed by atoms with E-state index in [1.165, 1.54) is 5.56 Å². The van der Waals surface area contributed by atoms with E-state index in [9.17, 15) is 4.79 Å². The summed E-state index contributed by atoms with van der Waals surface area (Å²) in [6.45, 7) is 5.64. The number of nitrogens with one attached hydrogen (secondary N) is 1. The van der Waals surface area contributed by atoms with Crippen LogP contribution in [0.3, 0.4) is 0 Å².